The van der Waals surface area contributed by atoms with Gasteiger partial charge in [-0.2, -0.15) is 0 Å². The number of nitrogens with one attached hydrogen (secondary N) is 1. The number of aliphatic hydroxyl groups is 1. The van der Waals surface area contributed by atoms with Crippen LogP contribution < -0.4 is 5.32 Å². The van der Waals surface area contributed by atoms with Crippen LogP contribution in [0.1, 0.15) is 29.4 Å². The number of ether oxygens (including phenoxy) is 1. The van der Waals surface area contributed by atoms with Crippen molar-refractivity contribution in [3.05, 3.63) is 28.5 Å². The molecule has 0 spiro atoms. The van der Waals surface area contributed by atoms with Crippen molar-refractivity contribution in [2.45, 2.75) is 32.0 Å². The third-order valence-corrected chi connectivity index (χ3v) is 3.76. The fourth-order valence-corrected chi connectivity index (χ4v) is 2.32. The fraction of sp³-hybridized carbons (Fsp3) is 0.538. The van der Waals surface area contributed by atoms with Crippen molar-refractivity contribution in [3.8, 4) is 0 Å². The molecule has 1 saturated heterocycles. The van der Waals surface area contributed by atoms with Crippen LogP contribution in [0.4, 0.5) is 0 Å². The summed E-state index contributed by atoms with van der Waals surface area (Å²) in [4.78, 5) is 16.0. The number of nitrogens with zero attached hydrogens (tertiary/aromatic N) is 1. The van der Waals surface area contributed by atoms with Crippen molar-refractivity contribution in [2.75, 3.05) is 13.2 Å². The van der Waals surface area contributed by atoms with Crippen molar-refractivity contribution in [1.82, 2.24) is 10.3 Å². The second-order valence-corrected chi connectivity index (χ2v) is 5.26. The van der Waals surface area contributed by atoms with E-state index in [4.69, 9.17) is 16.3 Å². The summed E-state index contributed by atoms with van der Waals surface area (Å²) in [7, 11) is 0. The number of carbonyl (C=O) groups excluding carboxylic acids is 1. The number of carbonyl (C=O) groups is 1. The smallest absolute Gasteiger partial charge is 0.254 e. The second-order valence-electron chi connectivity index (χ2n) is 4.85. The molecule has 1 aromatic heterocycles. The zero-order chi connectivity index (χ0) is 14.0. The minimum atomic E-state index is -1.01. The fourth-order valence-electron chi connectivity index (χ4n) is 2.03. The number of rotatable bonds is 3. The number of amides is 1. The summed E-state index contributed by atoms with van der Waals surface area (Å²) in [5.74, 6) is -0.343. The van der Waals surface area contributed by atoms with Gasteiger partial charge in [0.15, 0.2) is 0 Å². The van der Waals surface area contributed by atoms with Gasteiger partial charge < -0.3 is 15.2 Å². The lowest BCUT2D eigenvalue weighted by molar-refractivity contribution is -0.0251. The van der Waals surface area contributed by atoms with E-state index in [2.05, 4.69) is 10.3 Å². The van der Waals surface area contributed by atoms with Gasteiger partial charge in [0.25, 0.3) is 5.91 Å². The molecular weight excluding hydrogens is 268 g/mol. The Balaban J connectivity index is 2.02. The molecule has 1 aromatic rings. The number of aromatic nitrogens is 1. The van der Waals surface area contributed by atoms with Gasteiger partial charge in [0.1, 0.15) is 5.60 Å². The Morgan fingerprint density at radius 3 is 3.05 bits per heavy atom. The van der Waals surface area contributed by atoms with Crippen LogP contribution in [-0.4, -0.2) is 40.9 Å². The highest BCUT2D eigenvalue weighted by atomic mass is 35.5. The van der Waals surface area contributed by atoms with Gasteiger partial charge in [-0.05, 0) is 19.9 Å². The molecule has 104 valence electrons. The molecule has 2 atom stereocenters. The molecule has 0 radical (unpaired) electrons. The van der Waals surface area contributed by atoms with Crippen LogP contribution in [0.2, 0.25) is 5.02 Å². The SMILES string of the molecule is Cc1cc(Cl)c(C(=O)NCC2(O)CCOC2C)cn1. The Bertz CT molecular complexity index is 495. The van der Waals surface area contributed by atoms with Gasteiger partial charge in [0, 0.05) is 31.5 Å². The van der Waals surface area contributed by atoms with Gasteiger partial charge >= 0.3 is 0 Å². The van der Waals surface area contributed by atoms with Crippen molar-refractivity contribution in [2.24, 2.45) is 0 Å². The summed E-state index contributed by atoms with van der Waals surface area (Å²) in [5, 5.41) is 13.3. The highest BCUT2D eigenvalue weighted by Crippen LogP contribution is 2.25. The maximum atomic E-state index is 12.0. The normalized spacial score (nSPS) is 26.4. The van der Waals surface area contributed by atoms with Crippen LogP contribution in [0.5, 0.6) is 0 Å². The Kier molecular flexibility index (Phi) is 4.08. The first-order valence-electron chi connectivity index (χ1n) is 6.17. The molecule has 2 rings (SSSR count). The van der Waals surface area contributed by atoms with Crippen molar-refractivity contribution >= 4 is 17.5 Å². The molecule has 6 heteroatoms. The Morgan fingerprint density at radius 1 is 1.74 bits per heavy atom. The van der Waals surface area contributed by atoms with Crippen molar-refractivity contribution < 1.29 is 14.6 Å². The van der Waals surface area contributed by atoms with Crippen molar-refractivity contribution in [3.63, 3.8) is 0 Å². The first kappa shape index (κ1) is 14.2. The molecule has 1 fully saturated rings. The first-order valence-corrected chi connectivity index (χ1v) is 6.54. The van der Waals surface area contributed by atoms with Crippen LogP contribution in [0.15, 0.2) is 12.3 Å². The Labute approximate surface area is 116 Å². The van der Waals surface area contributed by atoms with E-state index in [0.29, 0.717) is 23.6 Å². The summed E-state index contributed by atoms with van der Waals surface area (Å²) in [6.07, 6.45) is 1.65. The summed E-state index contributed by atoms with van der Waals surface area (Å²) in [6.45, 7) is 4.23. The Morgan fingerprint density at radius 2 is 2.47 bits per heavy atom. The molecule has 1 amide bonds. The van der Waals surface area contributed by atoms with E-state index < -0.39 is 5.60 Å². The molecule has 1 aliphatic heterocycles. The summed E-state index contributed by atoms with van der Waals surface area (Å²) >= 11 is 6.00. The maximum absolute atomic E-state index is 12.0. The lowest BCUT2D eigenvalue weighted by atomic mass is 9.96. The van der Waals surface area contributed by atoms with Crippen LogP contribution in [0.3, 0.4) is 0 Å². The predicted octanol–water partition coefficient (Wildman–Crippen LogP) is 1.31. The quantitative estimate of drug-likeness (QED) is 0.878. The highest BCUT2D eigenvalue weighted by molar-refractivity contribution is 6.33. The molecular formula is C13H17ClN2O3. The van der Waals surface area contributed by atoms with E-state index in [1.165, 1.54) is 6.20 Å². The van der Waals surface area contributed by atoms with Crippen LogP contribution >= 0.6 is 11.6 Å². The number of aryl methyl sites for hydroxylation is 1. The average molecular weight is 285 g/mol. The van der Waals surface area contributed by atoms with Crippen molar-refractivity contribution in [1.29, 1.82) is 0 Å². The van der Waals surface area contributed by atoms with E-state index in [1.807, 2.05) is 0 Å². The lowest BCUT2D eigenvalue weighted by Crippen LogP contribution is -2.47. The Hall–Kier alpha value is -1.17. The van der Waals surface area contributed by atoms with Gasteiger partial charge in [0.2, 0.25) is 0 Å². The third kappa shape index (κ3) is 3.05. The van der Waals surface area contributed by atoms with Gasteiger partial charge in [-0.15, -0.1) is 0 Å². The monoisotopic (exact) mass is 284 g/mol. The predicted molar refractivity (Wildman–Crippen MR) is 71.3 cm³/mol. The molecule has 0 aromatic carbocycles. The van der Waals surface area contributed by atoms with Gasteiger partial charge in [0.05, 0.1) is 16.7 Å². The third-order valence-electron chi connectivity index (χ3n) is 3.45. The average Bonchev–Trinajstić information content (AvgIpc) is 2.67. The zero-order valence-electron chi connectivity index (χ0n) is 10.9. The second kappa shape index (κ2) is 5.45. The molecule has 2 heterocycles. The van der Waals surface area contributed by atoms with Gasteiger partial charge in [-0.1, -0.05) is 11.6 Å². The standard InChI is InChI=1S/C13H17ClN2O3/c1-8-5-11(14)10(6-15-8)12(17)16-7-13(18)3-4-19-9(13)2/h5-6,9,18H,3-4,7H2,1-2H3,(H,16,17). The van der Waals surface area contributed by atoms with E-state index in [0.717, 1.165) is 5.69 Å². The number of pyridine rings is 1. The number of hydrogen-bond donors (Lipinski definition) is 2. The molecule has 1 aliphatic rings. The molecule has 19 heavy (non-hydrogen) atoms. The molecule has 0 saturated carbocycles. The molecule has 0 bridgehead atoms. The van der Waals surface area contributed by atoms with Crippen LogP contribution in [0.25, 0.3) is 0 Å². The topological polar surface area (TPSA) is 71.5 Å². The summed E-state index contributed by atoms with van der Waals surface area (Å²) in [6, 6.07) is 1.63. The zero-order valence-corrected chi connectivity index (χ0v) is 11.7. The number of halogens is 1. The van der Waals surface area contributed by atoms with E-state index in [9.17, 15) is 9.90 Å². The minimum absolute atomic E-state index is 0.136. The highest BCUT2D eigenvalue weighted by Gasteiger charge is 2.39. The van der Waals surface area contributed by atoms with Crippen LogP contribution in [0, 0.1) is 6.92 Å². The minimum Gasteiger partial charge on any atom is -0.385 e. The van der Waals surface area contributed by atoms with E-state index in [1.54, 1.807) is 19.9 Å². The summed E-state index contributed by atoms with van der Waals surface area (Å²) < 4.78 is 5.31. The van der Waals surface area contributed by atoms with Gasteiger partial charge in [-0.3, -0.25) is 9.78 Å². The largest absolute Gasteiger partial charge is 0.385 e. The van der Waals surface area contributed by atoms with Gasteiger partial charge in [-0.25, -0.2) is 0 Å². The first-order chi connectivity index (χ1) is 8.92. The number of hydrogen-bond acceptors (Lipinski definition) is 4. The summed E-state index contributed by atoms with van der Waals surface area (Å²) in [5.41, 5.74) is 0.0423. The van der Waals surface area contributed by atoms with E-state index >= 15 is 0 Å². The molecule has 5 nitrogen and oxygen atoms in total. The molecule has 2 unspecified atom stereocenters. The molecule has 2 N–H and O–H groups in total. The van der Waals surface area contributed by atoms with Crippen LogP contribution in [-0.2, 0) is 4.74 Å². The van der Waals surface area contributed by atoms with E-state index in [-0.39, 0.29) is 18.6 Å². The lowest BCUT2D eigenvalue weighted by Gasteiger charge is -2.26. The molecule has 0 aliphatic carbocycles. The maximum Gasteiger partial charge on any atom is 0.254 e.